The molecule has 4 rings (SSSR count). The second kappa shape index (κ2) is 6.61. The molecule has 2 bridgehead atoms. The minimum absolute atomic E-state index is 0.0585. The van der Waals surface area contributed by atoms with Crippen molar-refractivity contribution in [3.8, 4) is 0 Å². The van der Waals surface area contributed by atoms with Gasteiger partial charge in [0.1, 0.15) is 5.82 Å². The Labute approximate surface area is 145 Å². The van der Waals surface area contributed by atoms with Crippen LogP contribution >= 0.6 is 0 Å². The lowest BCUT2D eigenvalue weighted by molar-refractivity contribution is -0.0796. The number of aliphatic hydroxyl groups excluding tert-OH is 1. The first-order valence-electron chi connectivity index (χ1n) is 9.05. The fraction of sp³-hybridized carbons (Fsp3) is 0.667. The predicted molar refractivity (Wildman–Crippen MR) is 86.9 cm³/mol. The summed E-state index contributed by atoms with van der Waals surface area (Å²) in [6, 6.07) is 1.14. The summed E-state index contributed by atoms with van der Waals surface area (Å²) in [4.78, 5) is 20.5. The third-order valence-corrected chi connectivity index (χ3v) is 6.11. The smallest absolute Gasteiger partial charge is 0.275 e. The van der Waals surface area contributed by atoms with Gasteiger partial charge < -0.3 is 10.0 Å². The molecule has 0 aliphatic carbocycles. The third kappa shape index (κ3) is 2.93. The van der Waals surface area contributed by atoms with Crippen molar-refractivity contribution in [1.82, 2.24) is 14.8 Å². The Morgan fingerprint density at radius 1 is 1.28 bits per heavy atom. The van der Waals surface area contributed by atoms with E-state index in [4.69, 9.17) is 0 Å². The van der Waals surface area contributed by atoms with E-state index in [2.05, 4.69) is 9.88 Å². The van der Waals surface area contributed by atoms with Crippen molar-refractivity contribution < 1.29 is 18.7 Å². The maximum atomic E-state index is 14.0. The standard InChI is InChI=1S/C18H23F2N3O2/c19-13-6-14(20)17(21-7-13)18(25)22-8-11-5-12(9-22)16(10-24)23-4-2-1-3-15(11)23/h6-7,11-12,15-16,24H,1-5,8-10H2/t11-,12+,15+,16+/m1/s1. The summed E-state index contributed by atoms with van der Waals surface area (Å²) in [6.07, 6.45) is 5.28. The summed E-state index contributed by atoms with van der Waals surface area (Å²) in [7, 11) is 0. The number of carbonyl (C=O) groups excluding carboxylic acids is 1. The summed E-state index contributed by atoms with van der Waals surface area (Å²) in [5.41, 5.74) is -0.317. The molecule has 0 saturated carbocycles. The molecule has 25 heavy (non-hydrogen) atoms. The molecular formula is C18H23F2N3O2. The molecule has 4 atom stereocenters. The Hall–Kier alpha value is -1.60. The van der Waals surface area contributed by atoms with E-state index in [1.165, 1.54) is 6.42 Å². The zero-order chi connectivity index (χ0) is 17.6. The van der Waals surface area contributed by atoms with Crippen LogP contribution in [0.25, 0.3) is 0 Å². The number of likely N-dealkylation sites (tertiary alicyclic amines) is 1. The van der Waals surface area contributed by atoms with Crippen molar-refractivity contribution in [3.05, 3.63) is 29.6 Å². The van der Waals surface area contributed by atoms with Crippen LogP contribution in [0.3, 0.4) is 0 Å². The summed E-state index contributed by atoms with van der Waals surface area (Å²) in [5.74, 6) is -1.66. The van der Waals surface area contributed by atoms with Gasteiger partial charge in [-0.25, -0.2) is 13.8 Å². The normalized spacial score (nSPS) is 32.4. The quantitative estimate of drug-likeness (QED) is 0.881. The SMILES string of the molecule is O=C(c1ncc(F)cc1F)N1C[C@H]2C[C@@H](C1)[C@H](CO)N1CCCC[C@@H]21. The lowest BCUT2D eigenvalue weighted by Gasteiger charge is -2.56. The first kappa shape index (κ1) is 16.8. The number of carbonyl (C=O) groups is 1. The fourth-order valence-electron chi connectivity index (χ4n) is 5.05. The van der Waals surface area contributed by atoms with Crippen LogP contribution in [0.1, 0.15) is 36.2 Å². The maximum absolute atomic E-state index is 14.0. The number of pyridine rings is 1. The van der Waals surface area contributed by atoms with Gasteiger partial charge in [0.2, 0.25) is 0 Å². The molecule has 7 heteroatoms. The van der Waals surface area contributed by atoms with E-state index in [-0.39, 0.29) is 24.3 Å². The first-order chi connectivity index (χ1) is 12.1. The molecule has 3 aliphatic rings. The van der Waals surface area contributed by atoms with Gasteiger partial charge in [0.05, 0.1) is 12.8 Å². The van der Waals surface area contributed by atoms with Crippen molar-refractivity contribution in [2.24, 2.45) is 11.8 Å². The molecule has 4 heterocycles. The van der Waals surface area contributed by atoms with Gasteiger partial charge in [-0.1, -0.05) is 6.42 Å². The van der Waals surface area contributed by atoms with Crippen LogP contribution in [0.2, 0.25) is 0 Å². The van der Waals surface area contributed by atoms with Crippen molar-refractivity contribution in [2.75, 3.05) is 26.2 Å². The Kier molecular flexibility index (Phi) is 4.45. The van der Waals surface area contributed by atoms with Gasteiger partial charge in [0, 0.05) is 31.2 Å². The van der Waals surface area contributed by atoms with E-state index < -0.39 is 17.5 Å². The summed E-state index contributed by atoms with van der Waals surface area (Å²) in [5, 5.41) is 9.90. The van der Waals surface area contributed by atoms with Crippen LogP contribution in [0.4, 0.5) is 8.78 Å². The van der Waals surface area contributed by atoms with Gasteiger partial charge in [-0.2, -0.15) is 0 Å². The van der Waals surface area contributed by atoms with Crippen LogP contribution < -0.4 is 0 Å². The number of rotatable bonds is 2. The monoisotopic (exact) mass is 351 g/mol. The second-order valence-electron chi connectivity index (χ2n) is 7.50. The van der Waals surface area contributed by atoms with E-state index in [1.54, 1.807) is 4.90 Å². The average Bonchev–Trinajstić information content (AvgIpc) is 2.61. The Morgan fingerprint density at radius 3 is 2.84 bits per heavy atom. The van der Waals surface area contributed by atoms with Crippen LogP contribution in [0, 0.1) is 23.5 Å². The highest BCUT2D eigenvalue weighted by molar-refractivity contribution is 5.92. The lowest BCUT2D eigenvalue weighted by Crippen LogP contribution is -2.65. The molecule has 1 aromatic heterocycles. The number of fused-ring (bicyclic) bond motifs is 4. The predicted octanol–water partition coefficient (Wildman–Crippen LogP) is 1.67. The highest BCUT2D eigenvalue weighted by Crippen LogP contribution is 2.41. The van der Waals surface area contributed by atoms with E-state index in [0.717, 1.165) is 32.0 Å². The number of aliphatic hydroxyl groups is 1. The highest BCUT2D eigenvalue weighted by Gasteiger charge is 2.47. The van der Waals surface area contributed by atoms with Crippen LogP contribution in [0.15, 0.2) is 12.3 Å². The largest absolute Gasteiger partial charge is 0.395 e. The number of hydrogen-bond donors (Lipinski definition) is 1. The van der Waals surface area contributed by atoms with Crippen molar-refractivity contribution in [1.29, 1.82) is 0 Å². The number of halogens is 2. The molecule has 0 aromatic carbocycles. The Balaban J connectivity index is 1.58. The molecule has 0 spiro atoms. The van der Waals surface area contributed by atoms with Gasteiger partial charge >= 0.3 is 0 Å². The number of amides is 1. The Bertz CT molecular complexity index is 658. The minimum Gasteiger partial charge on any atom is -0.395 e. The van der Waals surface area contributed by atoms with Gasteiger partial charge in [-0.15, -0.1) is 0 Å². The molecule has 5 nitrogen and oxygen atoms in total. The molecule has 0 unspecified atom stereocenters. The van der Waals surface area contributed by atoms with Crippen molar-refractivity contribution in [3.63, 3.8) is 0 Å². The van der Waals surface area contributed by atoms with Gasteiger partial charge in [0.25, 0.3) is 5.91 Å². The van der Waals surface area contributed by atoms with E-state index >= 15 is 0 Å². The topological polar surface area (TPSA) is 56.7 Å². The molecule has 1 N–H and O–H groups in total. The second-order valence-corrected chi connectivity index (χ2v) is 7.50. The molecule has 3 saturated heterocycles. The molecule has 136 valence electrons. The number of hydrogen-bond acceptors (Lipinski definition) is 4. The van der Waals surface area contributed by atoms with Gasteiger partial charge in [-0.3, -0.25) is 9.69 Å². The van der Waals surface area contributed by atoms with Crippen LogP contribution in [-0.4, -0.2) is 64.1 Å². The average molecular weight is 351 g/mol. The zero-order valence-corrected chi connectivity index (χ0v) is 14.1. The Morgan fingerprint density at radius 2 is 2.08 bits per heavy atom. The van der Waals surface area contributed by atoms with Gasteiger partial charge in [-0.05, 0) is 37.6 Å². The lowest BCUT2D eigenvalue weighted by atomic mass is 9.72. The summed E-state index contributed by atoms with van der Waals surface area (Å²) >= 11 is 0. The molecule has 0 radical (unpaired) electrons. The van der Waals surface area contributed by atoms with Gasteiger partial charge in [0.15, 0.2) is 11.5 Å². The van der Waals surface area contributed by atoms with E-state index in [0.29, 0.717) is 31.1 Å². The molecule has 3 aliphatic heterocycles. The number of piperidine rings is 3. The van der Waals surface area contributed by atoms with Crippen molar-refractivity contribution >= 4 is 5.91 Å². The molecule has 1 aromatic rings. The number of nitrogens with zero attached hydrogens (tertiary/aromatic N) is 3. The summed E-state index contributed by atoms with van der Waals surface area (Å²) in [6.45, 7) is 2.15. The minimum atomic E-state index is -0.918. The first-order valence-corrected chi connectivity index (χ1v) is 9.05. The van der Waals surface area contributed by atoms with E-state index in [1.807, 2.05) is 0 Å². The van der Waals surface area contributed by atoms with E-state index in [9.17, 15) is 18.7 Å². The zero-order valence-electron chi connectivity index (χ0n) is 14.1. The highest BCUT2D eigenvalue weighted by atomic mass is 19.1. The molecule has 1 amide bonds. The number of aromatic nitrogens is 1. The summed E-state index contributed by atoms with van der Waals surface area (Å²) < 4.78 is 27.0. The fourth-order valence-corrected chi connectivity index (χ4v) is 5.05. The van der Waals surface area contributed by atoms with Crippen molar-refractivity contribution in [2.45, 2.75) is 37.8 Å². The maximum Gasteiger partial charge on any atom is 0.275 e. The van der Waals surface area contributed by atoms with Crippen LogP contribution in [0.5, 0.6) is 0 Å². The molecular weight excluding hydrogens is 328 g/mol. The third-order valence-electron chi connectivity index (χ3n) is 6.11. The molecule has 3 fully saturated rings. The van der Waals surface area contributed by atoms with Crippen LogP contribution in [-0.2, 0) is 0 Å².